The smallest absolute Gasteiger partial charge is 0.298 e. The Kier molecular flexibility index (Phi) is 5.83. The number of anilines is 1. The number of oxime groups is 1. The first-order chi connectivity index (χ1) is 12.2. The van der Waals surface area contributed by atoms with E-state index in [1.807, 2.05) is 25.1 Å². The molecule has 0 heterocycles. The van der Waals surface area contributed by atoms with Gasteiger partial charge in [0.05, 0.1) is 5.71 Å². The fourth-order valence-electron chi connectivity index (χ4n) is 3.26. The van der Waals surface area contributed by atoms with Crippen molar-refractivity contribution in [1.29, 1.82) is 0 Å². The maximum Gasteiger partial charge on any atom is 0.437 e. The van der Waals surface area contributed by atoms with Crippen molar-refractivity contribution in [3.05, 3.63) is 65.7 Å². The van der Waals surface area contributed by atoms with E-state index in [9.17, 15) is 4.79 Å². The van der Waals surface area contributed by atoms with E-state index in [4.69, 9.17) is 4.84 Å². The summed E-state index contributed by atoms with van der Waals surface area (Å²) in [5, 5.41) is 6.57. The molecule has 0 saturated heterocycles. The predicted molar refractivity (Wildman–Crippen MR) is 101 cm³/mol. The highest BCUT2D eigenvalue weighted by atomic mass is 16.7. The maximum absolute atomic E-state index is 11.8. The van der Waals surface area contributed by atoms with Crippen LogP contribution in [0.2, 0.25) is 0 Å². The van der Waals surface area contributed by atoms with Crippen LogP contribution in [0, 0.1) is 0 Å². The molecule has 0 bridgehead atoms. The minimum Gasteiger partial charge on any atom is -0.298 e. The summed E-state index contributed by atoms with van der Waals surface area (Å²) in [4.78, 5) is 16.7. The largest absolute Gasteiger partial charge is 0.437 e. The van der Waals surface area contributed by atoms with Crippen LogP contribution in [-0.4, -0.2) is 11.8 Å². The lowest BCUT2D eigenvalue weighted by Crippen LogP contribution is -2.11. The van der Waals surface area contributed by atoms with Gasteiger partial charge in [0.25, 0.3) is 0 Å². The van der Waals surface area contributed by atoms with E-state index in [1.54, 1.807) is 12.1 Å². The highest BCUT2D eigenvalue weighted by Gasteiger charge is 2.15. The van der Waals surface area contributed by atoms with E-state index >= 15 is 0 Å². The van der Waals surface area contributed by atoms with E-state index in [2.05, 4.69) is 34.7 Å². The molecule has 1 N–H and O–H groups in total. The van der Waals surface area contributed by atoms with E-state index in [-0.39, 0.29) is 0 Å². The van der Waals surface area contributed by atoms with Gasteiger partial charge in [-0.2, -0.15) is 0 Å². The Morgan fingerprint density at radius 3 is 2.36 bits per heavy atom. The number of rotatable bonds is 4. The number of carbonyl (C=O) groups excluding carboxylic acids is 1. The molecule has 3 rings (SSSR count). The van der Waals surface area contributed by atoms with Crippen LogP contribution in [0.5, 0.6) is 0 Å². The Morgan fingerprint density at radius 2 is 1.68 bits per heavy atom. The van der Waals surface area contributed by atoms with Crippen LogP contribution in [0.3, 0.4) is 0 Å². The van der Waals surface area contributed by atoms with E-state index in [0.717, 1.165) is 5.56 Å². The molecule has 0 unspecified atom stereocenters. The van der Waals surface area contributed by atoms with Crippen molar-refractivity contribution < 1.29 is 9.63 Å². The standard InChI is InChI=1S/C21H24N2O2/c1-16(23-25-21(24)22-20-10-6-3-7-11-20)17-12-14-19(15-13-17)18-8-4-2-5-9-18/h3,6-7,10-15,18H,2,4-5,8-9H2,1H3,(H,22,24)/b23-16-. The van der Waals surface area contributed by atoms with Gasteiger partial charge in [-0.15, -0.1) is 0 Å². The van der Waals surface area contributed by atoms with Gasteiger partial charge in [-0.05, 0) is 48.9 Å². The molecule has 0 atom stereocenters. The quantitative estimate of drug-likeness (QED) is 0.442. The topological polar surface area (TPSA) is 50.7 Å². The van der Waals surface area contributed by atoms with Gasteiger partial charge in [0.2, 0.25) is 0 Å². The van der Waals surface area contributed by atoms with Gasteiger partial charge in [0, 0.05) is 5.69 Å². The third kappa shape index (κ3) is 4.92. The van der Waals surface area contributed by atoms with Crippen LogP contribution in [0.15, 0.2) is 59.8 Å². The number of carbonyl (C=O) groups is 1. The third-order valence-corrected chi connectivity index (χ3v) is 4.69. The molecule has 2 aromatic carbocycles. The normalized spacial score (nSPS) is 15.6. The number of nitrogens with zero attached hydrogens (tertiary/aromatic N) is 1. The van der Waals surface area contributed by atoms with Gasteiger partial charge in [0.15, 0.2) is 0 Å². The minimum atomic E-state index is -0.593. The first-order valence-corrected chi connectivity index (χ1v) is 8.90. The summed E-state index contributed by atoms with van der Waals surface area (Å²) in [6, 6.07) is 17.6. The van der Waals surface area contributed by atoms with Gasteiger partial charge >= 0.3 is 6.09 Å². The molecular weight excluding hydrogens is 312 g/mol. The Labute approximate surface area is 148 Å². The molecule has 1 amide bonds. The summed E-state index contributed by atoms with van der Waals surface area (Å²) in [7, 11) is 0. The summed E-state index contributed by atoms with van der Waals surface area (Å²) >= 11 is 0. The summed E-state index contributed by atoms with van der Waals surface area (Å²) < 4.78 is 0. The van der Waals surface area contributed by atoms with E-state index < -0.39 is 6.09 Å². The monoisotopic (exact) mass is 336 g/mol. The molecule has 2 aromatic rings. The average molecular weight is 336 g/mol. The molecule has 1 aliphatic carbocycles. The predicted octanol–water partition coefficient (Wildman–Crippen LogP) is 5.71. The van der Waals surface area contributed by atoms with Crippen molar-refractivity contribution >= 4 is 17.5 Å². The fourth-order valence-corrected chi connectivity index (χ4v) is 3.26. The Morgan fingerprint density at radius 1 is 1.00 bits per heavy atom. The van der Waals surface area contributed by atoms with Crippen molar-refractivity contribution in [2.24, 2.45) is 5.16 Å². The Bertz CT molecular complexity index is 717. The molecule has 0 spiro atoms. The van der Waals surface area contributed by atoms with Gasteiger partial charge in [0.1, 0.15) is 0 Å². The number of nitrogens with one attached hydrogen (secondary N) is 1. The first-order valence-electron chi connectivity index (χ1n) is 8.90. The highest BCUT2D eigenvalue weighted by molar-refractivity contribution is 5.99. The number of amides is 1. The van der Waals surface area contributed by atoms with E-state index in [1.165, 1.54) is 37.7 Å². The molecular formula is C21H24N2O2. The molecule has 130 valence electrons. The van der Waals surface area contributed by atoms with Crippen LogP contribution in [0.25, 0.3) is 0 Å². The zero-order chi connectivity index (χ0) is 17.5. The Hall–Kier alpha value is -2.62. The molecule has 4 nitrogen and oxygen atoms in total. The van der Waals surface area contributed by atoms with Crippen LogP contribution in [0.1, 0.15) is 56.1 Å². The molecule has 25 heavy (non-hydrogen) atoms. The zero-order valence-corrected chi connectivity index (χ0v) is 14.6. The van der Waals surface area contributed by atoms with Gasteiger partial charge in [-0.25, -0.2) is 4.79 Å². The molecule has 1 saturated carbocycles. The fraction of sp³-hybridized carbons (Fsp3) is 0.333. The number of hydrogen-bond acceptors (Lipinski definition) is 3. The van der Waals surface area contributed by atoms with Gasteiger partial charge in [-0.3, -0.25) is 10.2 Å². The molecule has 1 aliphatic rings. The van der Waals surface area contributed by atoms with Gasteiger partial charge < -0.3 is 0 Å². The first kappa shape index (κ1) is 17.2. The lowest BCUT2D eigenvalue weighted by Gasteiger charge is -2.22. The second-order valence-corrected chi connectivity index (χ2v) is 6.50. The lowest BCUT2D eigenvalue weighted by molar-refractivity contribution is 0.166. The molecule has 4 heteroatoms. The van der Waals surface area contributed by atoms with E-state index in [0.29, 0.717) is 17.3 Å². The summed E-state index contributed by atoms with van der Waals surface area (Å²) in [5.41, 5.74) is 3.72. The van der Waals surface area contributed by atoms with Crippen LogP contribution in [-0.2, 0) is 4.84 Å². The Balaban J connectivity index is 1.57. The third-order valence-electron chi connectivity index (χ3n) is 4.69. The second kappa shape index (κ2) is 8.47. The van der Waals surface area contributed by atoms with Crippen LogP contribution >= 0.6 is 0 Å². The minimum absolute atomic E-state index is 0.593. The number of hydrogen-bond donors (Lipinski definition) is 1. The van der Waals surface area contributed by atoms with Crippen molar-refractivity contribution in [1.82, 2.24) is 0 Å². The maximum atomic E-state index is 11.8. The number of para-hydroxylation sites is 1. The van der Waals surface area contributed by atoms with Crippen molar-refractivity contribution in [3.8, 4) is 0 Å². The number of benzene rings is 2. The molecule has 0 aliphatic heterocycles. The highest BCUT2D eigenvalue weighted by Crippen LogP contribution is 2.32. The summed E-state index contributed by atoms with van der Waals surface area (Å²) in [6.07, 6.45) is 6.01. The van der Waals surface area contributed by atoms with Crippen LogP contribution in [0.4, 0.5) is 10.5 Å². The second-order valence-electron chi connectivity index (χ2n) is 6.50. The lowest BCUT2D eigenvalue weighted by atomic mass is 9.84. The van der Waals surface area contributed by atoms with Crippen LogP contribution < -0.4 is 5.32 Å². The van der Waals surface area contributed by atoms with Crippen molar-refractivity contribution in [2.75, 3.05) is 5.32 Å². The van der Waals surface area contributed by atoms with Gasteiger partial charge in [-0.1, -0.05) is 66.9 Å². The van der Waals surface area contributed by atoms with Crippen molar-refractivity contribution in [2.45, 2.75) is 44.9 Å². The summed E-state index contributed by atoms with van der Waals surface area (Å²) in [6.45, 7) is 1.84. The van der Waals surface area contributed by atoms with Crippen molar-refractivity contribution in [3.63, 3.8) is 0 Å². The SMILES string of the molecule is C/C(=N/OC(=O)Nc1ccccc1)c1ccc(C2CCCCC2)cc1. The zero-order valence-electron chi connectivity index (χ0n) is 14.6. The summed E-state index contributed by atoms with van der Waals surface area (Å²) in [5.74, 6) is 0.688. The molecule has 0 radical (unpaired) electrons. The molecule has 0 aromatic heterocycles. The average Bonchev–Trinajstić information content (AvgIpc) is 2.68. The molecule has 1 fully saturated rings.